The van der Waals surface area contributed by atoms with E-state index < -0.39 is 0 Å². The van der Waals surface area contributed by atoms with Crippen LogP contribution in [0.5, 0.6) is 0 Å². The van der Waals surface area contributed by atoms with Crippen molar-refractivity contribution < 1.29 is 4.79 Å². The third kappa shape index (κ3) is 3.40. The first kappa shape index (κ1) is 8.57. The van der Waals surface area contributed by atoms with Crippen molar-refractivity contribution in [3.63, 3.8) is 0 Å². The molecule has 0 heterocycles. The normalized spacial score (nSPS) is 19.5. The average Bonchev–Trinajstić information content (AvgIpc) is 2.71. The van der Waals surface area contributed by atoms with Crippen LogP contribution in [-0.2, 0) is 4.79 Å². The minimum absolute atomic E-state index is 0.238. The minimum atomic E-state index is 0.238. The molecule has 1 N–H and O–H groups in total. The van der Waals surface area contributed by atoms with E-state index in [1.165, 1.54) is 12.8 Å². The fourth-order valence-electron chi connectivity index (χ4n) is 1.02. The molecule has 0 radical (unpaired) electrons. The maximum atomic E-state index is 11.2. The quantitative estimate of drug-likeness (QED) is 0.657. The van der Waals surface area contributed by atoms with Crippen molar-refractivity contribution in [1.29, 1.82) is 0 Å². The molecule has 2 nitrogen and oxygen atoms in total. The maximum absolute atomic E-state index is 11.2. The highest BCUT2D eigenvalue weighted by molar-refractivity contribution is 5.76. The van der Waals surface area contributed by atoms with E-state index in [4.69, 9.17) is 0 Å². The van der Waals surface area contributed by atoms with Crippen LogP contribution in [0.4, 0.5) is 0 Å². The topological polar surface area (TPSA) is 29.1 Å². The van der Waals surface area contributed by atoms with Gasteiger partial charge in [0.15, 0.2) is 0 Å². The molecule has 0 aromatic rings. The van der Waals surface area contributed by atoms with Gasteiger partial charge in [-0.3, -0.25) is 4.79 Å². The maximum Gasteiger partial charge on any atom is 0.220 e. The summed E-state index contributed by atoms with van der Waals surface area (Å²) in [4.78, 5) is 11.2. The lowest BCUT2D eigenvalue weighted by Crippen LogP contribution is -2.31. The molecule has 0 spiro atoms. The molecule has 1 saturated carbocycles. The van der Waals surface area contributed by atoms with Crippen LogP contribution < -0.4 is 5.32 Å². The molecule has 2 heteroatoms. The van der Waals surface area contributed by atoms with Crippen LogP contribution in [0.25, 0.3) is 0 Å². The zero-order valence-electron chi connectivity index (χ0n) is 7.39. The van der Waals surface area contributed by atoms with Gasteiger partial charge in [0.05, 0.1) is 0 Å². The lowest BCUT2D eigenvalue weighted by Gasteiger charge is -2.10. The molecule has 0 aromatic heterocycles. The highest BCUT2D eigenvalue weighted by Crippen LogP contribution is 2.32. The molecular formula is C9H17NO. The second-order valence-electron chi connectivity index (χ2n) is 3.52. The van der Waals surface area contributed by atoms with Gasteiger partial charge in [0.25, 0.3) is 0 Å². The van der Waals surface area contributed by atoms with Gasteiger partial charge >= 0.3 is 0 Å². The van der Waals surface area contributed by atoms with E-state index in [2.05, 4.69) is 12.2 Å². The summed E-state index contributed by atoms with van der Waals surface area (Å²) in [6.45, 7) is 4.13. The van der Waals surface area contributed by atoms with Gasteiger partial charge in [0, 0.05) is 12.5 Å². The van der Waals surface area contributed by atoms with E-state index in [1.807, 2.05) is 6.92 Å². The van der Waals surface area contributed by atoms with Gasteiger partial charge in [-0.15, -0.1) is 0 Å². The van der Waals surface area contributed by atoms with Gasteiger partial charge in [0.1, 0.15) is 0 Å². The summed E-state index contributed by atoms with van der Waals surface area (Å²) < 4.78 is 0. The molecule has 64 valence electrons. The van der Waals surface area contributed by atoms with Crippen molar-refractivity contribution in [1.82, 2.24) is 5.32 Å². The third-order valence-corrected chi connectivity index (χ3v) is 2.19. The SMILES string of the molecule is CCC(C)NC(=O)CC1CC1. The van der Waals surface area contributed by atoms with Crippen molar-refractivity contribution in [2.24, 2.45) is 5.92 Å². The van der Waals surface area contributed by atoms with E-state index >= 15 is 0 Å². The van der Waals surface area contributed by atoms with Crippen molar-refractivity contribution in [3.05, 3.63) is 0 Å². The van der Waals surface area contributed by atoms with Crippen LogP contribution >= 0.6 is 0 Å². The Morgan fingerprint density at radius 2 is 2.27 bits per heavy atom. The lowest BCUT2D eigenvalue weighted by atomic mass is 10.2. The molecule has 1 rings (SSSR count). The fraction of sp³-hybridized carbons (Fsp3) is 0.889. The van der Waals surface area contributed by atoms with E-state index in [9.17, 15) is 4.79 Å². The molecule has 0 saturated heterocycles. The van der Waals surface area contributed by atoms with Crippen molar-refractivity contribution in [2.45, 2.75) is 45.6 Å². The van der Waals surface area contributed by atoms with Gasteiger partial charge in [-0.25, -0.2) is 0 Å². The van der Waals surface area contributed by atoms with E-state index in [0.29, 0.717) is 12.0 Å². The van der Waals surface area contributed by atoms with Crippen LogP contribution in [-0.4, -0.2) is 11.9 Å². The average molecular weight is 155 g/mol. The van der Waals surface area contributed by atoms with Crippen molar-refractivity contribution in [3.8, 4) is 0 Å². The predicted octanol–water partition coefficient (Wildman–Crippen LogP) is 1.70. The standard InChI is InChI=1S/C9H17NO/c1-3-7(2)10-9(11)6-8-4-5-8/h7-8H,3-6H2,1-2H3,(H,10,11). The first-order valence-corrected chi connectivity index (χ1v) is 4.51. The van der Waals surface area contributed by atoms with Gasteiger partial charge < -0.3 is 5.32 Å². The Morgan fingerprint density at radius 3 is 2.73 bits per heavy atom. The van der Waals surface area contributed by atoms with Crippen LogP contribution in [0.1, 0.15) is 39.5 Å². The number of carbonyl (C=O) groups excluding carboxylic acids is 1. The smallest absolute Gasteiger partial charge is 0.220 e. The van der Waals surface area contributed by atoms with Crippen LogP contribution in [0.3, 0.4) is 0 Å². The summed E-state index contributed by atoms with van der Waals surface area (Å²) in [5.41, 5.74) is 0. The number of hydrogen-bond donors (Lipinski definition) is 1. The largest absolute Gasteiger partial charge is 0.354 e. The van der Waals surface area contributed by atoms with Gasteiger partial charge in [-0.1, -0.05) is 6.92 Å². The third-order valence-electron chi connectivity index (χ3n) is 2.19. The van der Waals surface area contributed by atoms with Gasteiger partial charge in [-0.2, -0.15) is 0 Å². The molecular weight excluding hydrogens is 138 g/mol. The zero-order valence-corrected chi connectivity index (χ0v) is 7.39. The van der Waals surface area contributed by atoms with E-state index in [1.54, 1.807) is 0 Å². The molecule has 1 amide bonds. The van der Waals surface area contributed by atoms with E-state index in [0.717, 1.165) is 12.8 Å². The minimum Gasteiger partial charge on any atom is -0.354 e. The fourth-order valence-corrected chi connectivity index (χ4v) is 1.02. The first-order chi connectivity index (χ1) is 5.22. The molecule has 11 heavy (non-hydrogen) atoms. The van der Waals surface area contributed by atoms with Crippen LogP contribution in [0.15, 0.2) is 0 Å². The molecule has 0 bridgehead atoms. The molecule has 0 aliphatic heterocycles. The number of hydrogen-bond acceptors (Lipinski definition) is 1. The van der Waals surface area contributed by atoms with Crippen molar-refractivity contribution >= 4 is 5.91 Å². The van der Waals surface area contributed by atoms with E-state index in [-0.39, 0.29) is 5.91 Å². The summed E-state index contributed by atoms with van der Waals surface area (Å²) in [6, 6.07) is 0.348. The Hall–Kier alpha value is -0.530. The summed E-state index contributed by atoms with van der Waals surface area (Å²) >= 11 is 0. The molecule has 1 aliphatic rings. The number of carbonyl (C=O) groups is 1. The summed E-state index contributed by atoms with van der Waals surface area (Å²) in [6.07, 6.45) is 4.29. The Bertz CT molecular complexity index is 140. The number of nitrogens with one attached hydrogen (secondary N) is 1. The Kier molecular flexibility index (Phi) is 2.92. The monoisotopic (exact) mass is 155 g/mol. The van der Waals surface area contributed by atoms with Gasteiger partial charge in [0.2, 0.25) is 5.91 Å². The summed E-state index contributed by atoms with van der Waals surface area (Å²) in [5, 5.41) is 2.96. The molecule has 1 fully saturated rings. The second-order valence-corrected chi connectivity index (χ2v) is 3.52. The number of amides is 1. The zero-order chi connectivity index (χ0) is 8.27. The second kappa shape index (κ2) is 3.74. The Morgan fingerprint density at radius 1 is 1.64 bits per heavy atom. The number of rotatable bonds is 4. The van der Waals surface area contributed by atoms with Crippen LogP contribution in [0, 0.1) is 5.92 Å². The lowest BCUT2D eigenvalue weighted by molar-refractivity contribution is -0.122. The molecule has 0 aromatic carbocycles. The molecule has 1 unspecified atom stereocenters. The summed E-state index contributed by atoms with van der Waals surface area (Å²) in [5.74, 6) is 0.945. The summed E-state index contributed by atoms with van der Waals surface area (Å²) in [7, 11) is 0. The highest BCUT2D eigenvalue weighted by atomic mass is 16.1. The Labute approximate surface area is 68.4 Å². The van der Waals surface area contributed by atoms with Gasteiger partial charge in [-0.05, 0) is 32.1 Å². The first-order valence-electron chi connectivity index (χ1n) is 4.51. The Balaban J connectivity index is 2.08. The molecule has 1 atom stereocenters. The van der Waals surface area contributed by atoms with Crippen molar-refractivity contribution in [2.75, 3.05) is 0 Å². The highest BCUT2D eigenvalue weighted by Gasteiger charge is 2.24. The van der Waals surface area contributed by atoms with Crippen LogP contribution in [0.2, 0.25) is 0 Å². The predicted molar refractivity (Wildman–Crippen MR) is 45.2 cm³/mol. The molecule has 1 aliphatic carbocycles.